The van der Waals surface area contributed by atoms with E-state index in [0.717, 1.165) is 42.5 Å². The molecule has 31 heavy (non-hydrogen) atoms. The van der Waals surface area contributed by atoms with E-state index in [9.17, 15) is 14.3 Å². The first kappa shape index (κ1) is 20.4. The molecule has 6 nitrogen and oxygen atoms in total. The maximum absolute atomic E-state index is 13.8. The number of halogens is 1. The zero-order valence-electron chi connectivity index (χ0n) is 18.1. The zero-order valence-corrected chi connectivity index (χ0v) is 18.1. The van der Waals surface area contributed by atoms with Crippen LogP contribution in [0.4, 0.5) is 4.39 Å². The predicted octanol–water partition coefficient (Wildman–Crippen LogP) is 3.22. The minimum Gasteiger partial charge on any atom is -0.388 e. The highest BCUT2D eigenvalue weighted by molar-refractivity contribution is 5.84. The fraction of sp³-hybridized carbons (Fsp3) is 0.500. The number of rotatable bonds is 5. The number of benzene rings is 1. The monoisotopic (exact) mass is 424 g/mol. The molecular weight excluding hydrogens is 395 g/mol. The lowest BCUT2D eigenvalue weighted by Crippen LogP contribution is -2.53. The number of hydrogen-bond donors (Lipinski definition) is 1. The predicted molar refractivity (Wildman–Crippen MR) is 117 cm³/mol. The lowest BCUT2D eigenvalue weighted by molar-refractivity contribution is -0.0677. The Morgan fingerprint density at radius 2 is 1.94 bits per heavy atom. The van der Waals surface area contributed by atoms with Crippen molar-refractivity contribution < 1.29 is 9.50 Å². The van der Waals surface area contributed by atoms with Gasteiger partial charge in [-0.2, -0.15) is 5.10 Å². The van der Waals surface area contributed by atoms with Crippen molar-refractivity contribution in [1.82, 2.24) is 19.2 Å². The number of fused-ring (bicyclic) bond motifs is 3. The van der Waals surface area contributed by atoms with Gasteiger partial charge in [-0.3, -0.25) is 9.69 Å². The van der Waals surface area contributed by atoms with E-state index in [1.54, 1.807) is 12.1 Å². The third-order valence-corrected chi connectivity index (χ3v) is 7.07. The van der Waals surface area contributed by atoms with E-state index >= 15 is 0 Å². The van der Waals surface area contributed by atoms with Gasteiger partial charge in [-0.1, -0.05) is 0 Å². The van der Waals surface area contributed by atoms with Crippen molar-refractivity contribution in [3.05, 3.63) is 64.0 Å². The van der Waals surface area contributed by atoms with E-state index in [2.05, 4.69) is 27.7 Å². The minimum atomic E-state index is -0.923. The van der Waals surface area contributed by atoms with Crippen LogP contribution in [0.1, 0.15) is 43.9 Å². The Labute approximate surface area is 180 Å². The molecule has 1 N–H and O–H groups in total. The zero-order chi connectivity index (χ0) is 21.8. The highest BCUT2D eigenvalue weighted by Crippen LogP contribution is 2.42. The molecule has 0 unspecified atom stereocenters. The number of aromatic nitrogens is 3. The van der Waals surface area contributed by atoms with Crippen LogP contribution < -0.4 is 5.56 Å². The highest BCUT2D eigenvalue weighted by Gasteiger charge is 2.47. The second kappa shape index (κ2) is 7.57. The van der Waals surface area contributed by atoms with E-state index in [0.29, 0.717) is 12.8 Å². The van der Waals surface area contributed by atoms with Gasteiger partial charge in [0.25, 0.3) is 5.56 Å². The second-order valence-corrected chi connectivity index (χ2v) is 9.26. The number of aliphatic hydroxyl groups is 1. The standard InChI is InChI=1S/C24H29FN4O2/c1-3-27-13-17(21-8-5-18(25)10-22(21)27)14-28-19-6-7-20(28)12-24(31,11-19)15-29-23(30)9-4-16(2)26-29/h4-5,8-10,13,19-20,31H,3,6-7,11-12,14-15H2,1-2H3/t19-,20-/m1/s1. The van der Waals surface area contributed by atoms with Gasteiger partial charge in [-0.25, -0.2) is 9.07 Å². The molecule has 4 heterocycles. The summed E-state index contributed by atoms with van der Waals surface area (Å²) < 4.78 is 17.3. The first-order chi connectivity index (χ1) is 14.8. The second-order valence-electron chi connectivity index (χ2n) is 9.26. The molecule has 1 aromatic carbocycles. The Bertz CT molecular complexity index is 1170. The van der Waals surface area contributed by atoms with Crippen molar-refractivity contribution in [3.63, 3.8) is 0 Å². The van der Waals surface area contributed by atoms with E-state index in [1.807, 2.05) is 13.0 Å². The first-order valence-electron chi connectivity index (χ1n) is 11.2. The molecule has 0 saturated carbocycles. The summed E-state index contributed by atoms with van der Waals surface area (Å²) in [7, 11) is 0. The Kier molecular flexibility index (Phi) is 4.98. The summed E-state index contributed by atoms with van der Waals surface area (Å²) in [5.74, 6) is -0.213. The molecule has 0 spiro atoms. The molecule has 2 aliphatic rings. The third kappa shape index (κ3) is 3.70. The molecule has 2 fully saturated rings. The molecule has 5 rings (SSSR count). The summed E-state index contributed by atoms with van der Waals surface area (Å²) >= 11 is 0. The maximum Gasteiger partial charge on any atom is 0.266 e. The summed E-state index contributed by atoms with van der Waals surface area (Å²) in [5, 5.41) is 16.8. The molecule has 0 radical (unpaired) electrons. The fourth-order valence-electron chi connectivity index (χ4n) is 5.67. The topological polar surface area (TPSA) is 63.3 Å². The Hall–Kier alpha value is -2.51. The van der Waals surface area contributed by atoms with Gasteiger partial charge in [0, 0.05) is 42.8 Å². The lowest BCUT2D eigenvalue weighted by Gasteiger charge is -2.43. The number of aryl methyl sites for hydroxylation is 2. The van der Waals surface area contributed by atoms with Crippen molar-refractivity contribution in [2.75, 3.05) is 0 Å². The van der Waals surface area contributed by atoms with E-state index in [4.69, 9.17) is 0 Å². The number of hydrogen-bond acceptors (Lipinski definition) is 4. The smallest absolute Gasteiger partial charge is 0.266 e. The Morgan fingerprint density at radius 3 is 2.65 bits per heavy atom. The third-order valence-electron chi connectivity index (χ3n) is 7.07. The average molecular weight is 425 g/mol. The molecule has 164 valence electrons. The van der Waals surface area contributed by atoms with Crippen LogP contribution in [-0.4, -0.2) is 42.0 Å². The maximum atomic E-state index is 13.8. The first-order valence-corrected chi connectivity index (χ1v) is 11.2. The van der Waals surface area contributed by atoms with Crippen molar-refractivity contribution in [2.24, 2.45) is 0 Å². The van der Waals surface area contributed by atoms with Crippen LogP contribution in [-0.2, 0) is 19.6 Å². The lowest BCUT2D eigenvalue weighted by atomic mass is 9.85. The number of nitrogens with zero attached hydrogens (tertiary/aromatic N) is 4. The molecule has 2 atom stereocenters. The van der Waals surface area contributed by atoms with E-state index in [1.165, 1.54) is 22.4 Å². The summed E-state index contributed by atoms with van der Waals surface area (Å²) in [6.07, 6.45) is 5.49. The van der Waals surface area contributed by atoms with Crippen LogP contribution in [0.5, 0.6) is 0 Å². The molecular formula is C24H29FN4O2. The van der Waals surface area contributed by atoms with Gasteiger partial charge in [0.1, 0.15) is 5.82 Å². The van der Waals surface area contributed by atoms with Crippen LogP contribution >= 0.6 is 0 Å². The summed E-state index contributed by atoms with van der Waals surface area (Å²) in [4.78, 5) is 14.7. The molecule has 0 amide bonds. The molecule has 0 aliphatic carbocycles. The highest BCUT2D eigenvalue weighted by atomic mass is 19.1. The normalized spacial score (nSPS) is 26.1. The van der Waals surface area contributed by atoms with E-state index in [-0.39, 0.29) is 30.0 Å². The molecule has 2 bridgehead atoms. The van der Waals surface area contributed by atoms with Crippen LogP contribution in [0.2, 0.25) is 0 Å². The van der Waals surface area contributed by atoms with Crippen LogP contribution in [0.3, 0.4) is 0 Å². The van der Waals surface area contributed by atoms with E-state index < -0.39 is 5.60 Å². The van der Waals surface area contributed by atoms with Crippen molar-refractivity contribution in [1.29, 1.82) is 0 Å². The van der Waals surface area contributed by atoms with Gasteiger partial charge in [0.05, 0.1) is 23.4 Å². The minimum absolute atomic E-state index is 0.173. The van der Waals surface area contributed by atoms with Crippen molar-refractivity contribution >= 4 is 10.9 Å². The van der Waals surface area contributed by atoms with Gasteiger partial charge in [-0.15, -0.1) is 0 Å². The fourth-order valence-corrected chi connectivity index (χ4v) is 5.67. The molecule has 7 heteroatoms. The van der Waals surface area contributed by atoms with Gasteiger partial charge in [0.15, 0.2) is 0 Å². The Balaban J connectivity index is 1.38. The van der Waals surface area contributed by atoms with Gasteiger partial charge < -0.3 is 9.67 Å². The van der Waals surface area contributed by atoms with Gasteiger partial charge in [-0.05, 0) is 69.4 Å². The molecule has 2 aromatic heterocycles. The van der Waals surface area contributed by atoms with Gasteiger partial charge in [0.2, 0.25) is 0 Å². The summed E-state index contributed by atoms with van der Waals surface area (Å²) in [6.45, 7) is 5.75. The van der Waals surface area contributed by atoms with Crippen LogP contribution in [0.25, 0.3) is 10.9 Å². The number of piperidine rings is 1. The Morgan fingerprint density at radius 1 is 1.19 bits per heavy atom. The SMILES string of the molecule is CCn1cc(CN2[C@@H]3CC[C@@H]2CC(O)(Cn2nc(C)ccc2=O)C3)c2ccc(F)cc21. The molecule has 3 aromatic rings. The molecule has 2 aliphatic heterocycles. The molecule has 2 saturated heterocycles. The summed E-state index contributed by atoms with van der Waals surface area (Å²) in [5.41, 5.74) is 1.81. The quantitative estimate of drug-likeness (QED) is 0.683. The van der Waals surface area contributed by atoms with Gasteiger partial charge >= 0.3 is 0 Å². The van der Waals surface area contributed by atoms with Crippen LogP contribution in [0, 0.1) is 12.7 Å². The summed E-state index contributed by atoms with van der Waals surface area (Å²) in [6, 6.07) is 8.77. The van der Waals surface area contributed by atoms with Crippen LogP contribution in [0.15, 0.2) is 41.3 Å². The van der Waals surface area contributed by atoms with Crippen molar-refractivity contribution in [3.8, 4) is 0 Å². The largest absolute Gasteiger partial charge is 0.388 e. The van der Waals surface area contributed by atoms with Crippen molar-refractivity contribution in [2.45, 2.75) is 76.8 Å². The average Bonchev–Trinajstić information content (AvgIpc) is 3.19.